The molecule has 4 amide bonds. The number of urea groups is 1. The third kappa shape index (κ3) is 4.80. The molecule has 0 spiro atoms. The van der Waals surface area contributed by atoms with Crippen molar-refractivity contribution in [2.24, 2.45) is 5.92 Å². The van der Waals surface area contributed by atoms with Crippen LogP contribution in [0.25, 0.3) is 0 Å². The first-order valence-electron chi connectivity index (χ1n) is 12.2. The molecule has 1 aliphatic carbocycles. The number of ether oxygens (including phenoxy) is 1. The van der Waals surface area contributed by atoms with Gasteiger partial charge in [-0.2, -0.15) is 13.2 Å². The number of hydrogen-bond acceptors (Lipinski definition) is 5. The van der Waals surface area contributed by atoms with E-state index in [1.165, 1.54) is 15.9 Å². The van der Waals surface area contributed by atoms with E-state index in [1.54, 1.807) is 0 Å². The molecule has 4 aliphatic rings. The highest BCUT2D eigenvalue weighted by molar-refractivity contribution is 6.31. The van der Waals surface area contributed by atoms with E-state index in [4.69, 9.17) is 16.3 Å². The lowest BCUT2D eigenvalue weighted by Crippen LogP contribution is -2.50. The molecule has 8 nitrogen and oxygen atoms in total. The summed E-state index contributed by atoms with van der Waals surface area (Å²) in [6, 6.07) is 1.84. The highest BCUT2D eigenvalue weighted by atomic mass is 35.5. The summed E-state index contributed by atoms with van der Waals surface area (Å²) in [7, 11) is 0. The second-order valence-corrected chi connectivity index (χ2v) is 10.3. The van der Waals surface area contributed by atoms with Crippen LogP contribution in [0.15, 0.2) is 12.1 Å². The molecule has 0 bridgehead atoms. The van der Waals surface area contributed by atoms with Gasteiger partial charge in [0.25, 0.3) is 5.91 Å². The van der Waals surface area contributed by atoms with Crippen molar-refractivity contribution in [2.45, 2.75) is 50.5 Å². The average Bonchev–Trinajstić information content (AvgIpc) is 3.55. The lowest BCUT2D eigenvalue weighted by molar-refractivity contribution is -0.137. The number of carbonyl (C=O) groups excluding carboxylic acids is 3. The van der Waals surface area contributed by atoms with Gasteiger partial charge in [-0.3, -0.25) is 19.4 Å². The molecule has 1 aromatic carbocycles. The SMILES string of the molecule is O=C(CC[C@]1(C2CC2)NC(=O)N(CCN2CCOCC2)C1=O)N1Cc2cc(Cl)c(C(F)(F)F)cc2C1. The summed E-state index contributed by atoms with van der Waals surface area (Å²) < 4.78 is 45.0. The van der Waals surface area contributed by atoms with Crippen molar-refractivity contribution in [2.75, 3.05) is 39.4 Å². The van der Waals surface area contributed by atoms with Gasteiger partial charge >= 0.3 is 12.2 Å². The van der Waals surface area contributed by atoms with Crippen LogP contribution >= 0.6 is 11.6 Å². The van der Waals surface area contributed by atoms with Gasteiger partial charge in [0.1, 0.15) is 5.54 Å². The van der Waals surface area contributed by atoms with Crippen LogP contribution in [0.1, 0.15) is 42.4 Å². The van der Waals surface area contributed by atoms with E-state index in [1.807, 2.05) is 0 Å². The number of halogens is 4. The molecule has 5 rings (SSSR count). The Morgan fingerprint density at radius 1 is 1.11 bits per heavy atom. The van der Waals surface area contributed by atoms with Gasteiger partial charge in [0.05, 0.1) is 23.8 Å². The number of benzene rings is 1. The first kappa shape index (κ1) is 25.3. The number of morpholine rings is 1. The Labute approximate surface area is 211 Å². The number of amides is 4. The Kier molecular flexibility index (Phi) is 6.67. The van der Waals surface area contributed by atoms with Gasteiger partial charge in [-0.1, -0.05) is 11.6 Å². The summed E-state index contributed by atoms with van der Waals surface area (Å²) in [5.74, 6) is -0.578. The number of hydrogen-bond donors (Lipinski definition) is 1. The number of nitrogens with one attached hydrogen (secondary N) is 1. The zero-order valence-corrected chi connectivity index (χ0v) is 20.5. The molecule has 3 fully saturated rings. The molecule has 3 aliphatic heterocycles. The fourth-order valence-corrected chi connectivity index (χ4v) is 5.71. The maximum Gasteiger partial charge on any atom is 0.417 e. The van der Waals surface area contributed by atoms with Gasteiger partial charge in [0, 0.05) is 45.7 Å². The summed E-state index contributed by atoms with van der Waals surface area (Å²) in [5, 5.41) is 2.50. The van der Waals surface area contributed by atoms with Crippen molar-refractivity contribution in [3.05, 3.63) is 33.8 Å². The summed E-state index contributed by atoms with van der Waals surface area (Å²) >= 11 is 5.83. The lowest BCUT2D eigenvalue weighted by atomic mass is 9.87. The predicted octanol–water partition coefficient (Wildman–Crippen LogP) is 3.01. The molecular weight excluding hydrogens is 501 g/mol. The smallest absolute Gasteiger partial charge is 0.379 e. The van der Waals surface area contributed by atoms with E-state index < -0.39 is 23.3 Å². The zero-order valence-electron chi connectivity index (χ0n) is 19.7. The van der Waals surface area contributed by atoms with Gasteiger partial charge < -0.3 is 15.0 Å². The van der Waals surface area contributed by atoms with Crippen LogP contribution < -0.4 is 5.32 Å². The number of carbonyl (C=O) groups is 3. The molecule has 12 heteroatoms. The average molecular weight is 529 g/mol. The molecule has 1 N–H and O–H groups in total. The van der Waals surface area contributed by atoms with E-state index in [0.717, 1.165) is 32.0 Å². The van der Waals surface area contributed by atoms with E-state index in [9.17, 15) is 27.6 Å². The number of alkyl halides is 3. The molecule has 36 heavy (non-hydrogen) atoms. The minimum absolute atomic E-state index is 0.00761. The van der Waals surface area contributed by atoms with Crippen molar-refractivity contribution in [3.63, 3.8) is 0 Å². The standard InChI is InChI=1S/C24H28ClF3N4O4/c25-19-12-16-14-31(13-15(16)11-18(19)24(26,27)28)20(33)3-4-23(17-1-2-17)21(34)32(22(35)29-23)6-5-30-7-9-36-10-8-30/h11-12,17H,1-10,13-14H2,(H,29,35)/t23-/m1/s1. The number of imide groups is 1. The Morgan fingerprint density at radius 3 is 2.42 bits per heavy atom. The number of fused-ring (bicyclic) bond motifs is 1. The molecule has 1 aromatic rings. The predicted molar refractivity (Wildman–Crippen MR) is 123 cm³/mol. The molecule has 0 aromatic heterocycles. The van der Waals surface area contributed by atoms with Crippen LogP contribution in [-0.2, 0) is 33.6 Å². The zero-order chi connectivity index (χ0) is 25.7. The van der Waals surface area contributed by atoms with Crippen LogP contribution in [0.2, 0.25) is 5.02 Å². The van der Waals surface area contributed by atoms with Crippen LogP contribution in [0, 0.1) is 5.92 Å². The van der Waals surface area contributed by atoms with Gasteiger partial charge in [-0.25, -0.2) is 4.79 Å². The Hall–Kier alpha value is -2.37. The molecule has 3 heterocycles. The Balaban J connectivity index is 1.22. The van der Waals surface area contributed by atoms with Crippen LogP contribution in [0.4, 0.5) is 18.0 Å². The van der Waals surface area contributed by atoms with Gasteiger partial charge in [0.15, 0.2) is 0 Å². The van der Waals surface area contributed by atoms with Crippen LogP contribution in [0.3, 0.4) is 0 Å². The number of nitrogens with zero attached hydrogens (tertiary/aromatic N) is 3. The van der Waals surface area contributed by atoms with E-state index in [0.29, 0.717) is 30.9 Å². The molecule has 0 radical (unpaired) electrons. The van der Waals surface area contributed by atoms with Crippen molar-refractivity contribution < 1.29 is 32.3 Å². The summed E-state index contributed by atoms with van der Waals surface area (Å²) in [6.07, 6.45) is -2.81. The largest absolute Gasteiger partial charge is 0.417 e. The van der Waals surface area contributed by atoms with E-state index in [2.05, 4.69) is 10.2 Å². The first-order valence-corrected chi connectivity index (χ1v) is 12.6. The highest BCUT2D eigenvalue weighted by Gasteiger charge is 2.58. The summed E-state index contributed by atoms with van der Waals surface area (Å²) in [5.41, 5.74) is -1.02. The van der Waals surface area contributed by atoms with Crippen LogP contribution in [0.5, 0.6) is 0 Å². The second-order valence-electron chi connectivity index (χ2n) is 9.93. The van der Waals surface area contributed by atoms with E-state index in [-0.39, 0.29) is 55.2 Å². The molecular formula is C24H28ClF3N4O4. The van der Waals surface area contributed by atoms with Crippen molar-refractivity contribution in [1.29, 1.82) is 0 Å². The lowest BCUT2D eigenvalue weighted by Gasteiger charge is -2.29. The molecule has 1 saturated carbocycles. The Morgan fingerprint density at radius 2 is 1.78 bits per heavy atom. The minimum Gasteiger partial charge on any atom is -0.379 e. The molecule has 0 unspecified atom stereocenters. The maximum atomic E-state index is 13.4. The number of rotatable bonds is 7. The normalized spacial score (nSPS) is 24.9. The highest BCUT2D eigenvalue weighted by Crippen LogP contribution is 2.46. The molecule has 2 saturated heterocycles. The van der Waals surface area contributed by atoms with Crippen LogP contribution in [-0.4, -0.2) is 77.5 Å². The van der Waals surface area contributed by atoms with Crippen molar-refractivity contribution in [3.8, 4) is 0 Å². The molecule has 196 valence electrons. The fraction of sp³-hybridized carbons (Fsp3) is 0.625. The monoisotopic (exact) mass is 528 g/mol. The second kappa shape index (κ2) is 9.50. The maximum absolute atomic E-state index is 13.4. The third-order valence-corrected chi connectivity index (χ3v) is 7.94. The molecule has 1 atom stereocenters. The van der Waals surface area contributed by atoms with Gasteiger partial charge in [0.2, 0.25) is 5.91 Å². The quantitative estimate of drug-likeness (QED) is 0.550. The van der Waals surface area contributed by atoms with E-state index >= 15 is 0 Å². The summed E-state index contributed by atoms with van der Waals surface area (Å²) in [4.78, 5) is 44.1. The van der Waals surface area contributed by atoms with Gasteiger partial charge in [-0.15, -0.1) is 0 Å². The first-order chi connectivity index (χ1) is 17.1. The van der Waals surface area contributed by atoms with Crippen molar-refractivity contribution >= 4 is 29.4 Å². The fourth-order valence-electron chi connectivity index (χ4n) is 5.42. The Bertz CT molecular complexity index is 1070. The van der Waals surface area contributed by atoms with Gasteiger partial charge in [-0.05, 0) is 48.4 Å². The minimum atomic E-state index is -4.57. The topological polar surface area (TPSA) is 82.2 Å². The summed E-state index contributed by atoms with van der Waals surface area (Å²) in [6.45, 7) is 3.80. The third-order valence-electron chi connectivity index (χ3n) is 7.62. The van der Waals surface area contributed by atoms with Crippen molar-refractivity contribution in [1.82, 2.24) is 20.0 Å².